The SMILES string of the molecule is C=CCOc1ccc(C(F)=C(F)c2ccc3cc(OCC=C)ccc3c2)cc1. The van der Waals surface area contributed by atoms with E-state index in [0.29, 0.717) is 24.7 Å². The van der Waals surface area contributed by atoms with Gasteiger partial charge in [0.05, 0.1) is 0 Å². The molecule has 0 fully saturated rings. The molecule has 0 aliphatic carbocycles. The average molecular weight is 378 g/mol. The van der Waals surface area contributed by atoms with Gasteiger partial charge in [-0.3, -0.25) is 0 Å². The number of fused-ring (bicyclic) bond motifs is 1. The van der Waals surface area contributed by atoms with Gasteiger partial charge in [-0.25, -0.2) is 8.78 Å². The van der Waals surface area contributed by atoms with Crippen LogP contribution in [-0.2, 0) is 0 Å². The molecule has 0 heterocycles. The van der Waals surface area contributed by atoms with Gasteiger partial charge in [-0.2, -0.15) is 0 Å². The number of ether oxygens (including phenoxy) is 2. The Morgan fingerprint density at radius 2 is 1.18 bits per heavy atom. The summed E-state index contributed by atoms with van der Waals surface area (Å²) in [6.45, 7) is 7.93. The fourth-order valence-electron chi connectivity index (χ4n) is 2.71. The standard InChI is InChI=1S/C24H20F2O2/c1-3-13-27-21-10-7-17(8-11-21)23(25)24(26)20-6-5-19-16-22(28-14-4-2)12-9-18(19)15-20/h3-12,15-16H,1-2,13-14H2. The average Bonchev–Trinajstić information content (AvgIpc) is 2.75. The molecule has 142 valence electrons. The Bertz CT molecular complexity index is 1020. The molecule has 0 saturated heterocycles. The summed E-state index contributed by atoms with van der Waals surface area (Å²) < 4.78 is 40.2. The molecule has 2 nitrogen and oxygen atoms in total. The third kappa shape index (κ3) is 4.46. The third-order valence-electron chi connectivity index (χ3n) is 4.10. The molecule has 0 bridgehead atoms. The number of hydrogen-bond acceptors (Lipinski definition) is 2. The van der Waals surface area contributed by atoms with Gasteiger partial charge >= 0.3 is 0 Å². The Morgan fingerprint density at radius 1 is 0.679 bits per heavy atom. The van der Waals surface area contributed by atoms with E-state index in [9.17, 15) is 8.78 Å². The van der Waals surface area contributed by atoms with E-state index in [0.717, 1.165) is 10.8 Å². The Kier molecular flexibility index (Phi) is 6.22. The highest BCUT2D eigenvalue weighted by Gasteiger charge is 2.12. The molecular weight excluding hydrogens is 358 g/mol. The number of halogens is 2. The minimum atomic E-state index is -0.916. The van der Waals surface area contributed by atoms with Crippen molar-refractivity contribution in [2.24, 2.45) is 0 Å². The molecule has 0 aliphatic rings. The highest BCUT2D eigenvalue weighted by Crippen LogP contribution is 2.32. The summed E-state index contributed by atoms with van der Waals surface area (Å²) >= 11 is 0. The van der Waals surface area contributed by atoms with Crippen molar-refractivity contribution in [1.82, 2.24) is 0 Å². The zero-order chi connectivity index (χ0) is 19.9. The van der Waals surface area contributed by atoms with Crippen molar-refractivity contribution in [3.05, 3.63) is 97.1 Å². The van der Waals surface area contributed by atoms with E-state index < -0.39 is 11.7 Å². The Labute approximate surface area is 163 Å². The first-order valence-electron chi connectivity index (χ1n) is 8.79. The molecule has 0 saturated carbocycles. The molecule has 0 spiro atoms. The summed E-state index contributed by atoms with van der Waals surface area (Å²) in [4.78, 5) is 0. The van der Waals surface area contributed by atoms with Gasteiger partial charge < -0.3 is 9.47 Å². The zero-order valence-corrected chi connectivity index (χ0v) is 15.3. The lowest BCUT2D eigenvalue weighted by atomic mass is 10.0. The molecule has 28 heavy (non-hydrogen) atoms. The zero-order valence-electron chi connectivity index (χ0n) is 15.3. The van der Waals surface area contributed by atoms with Gasteiger partial charge in [0.1, 0.15) is 24.7 Å². The monoisotopic (exact) mass is 378 g/mol. The second-order valence-electron chi connectivity index (χ2n) is 6.08. The molecular formula is C24H20F2O2. The van der Waals surface area contributed by atoms with E-state index >= 15 is 0 Å². The normalized spacial score (nSPS) is 11.6. The number of rotatable bonds is 8. The van der Waals surface area contributed by atoms with Gasteiger partial charge in [-0.1, -0.05) is 43.5 Å². The molecule has 0 aromatic heterocycles. The number of hydrogen-bond donors (Lipinski definition) is 0. The molecule has 0 amide bonds. The van der Waals surface area contributed by atoms with Crippen molar-refractivity contribution in [2.75, 3.05) is 13.2 Å². The molecule has 0 radical (unpaired) electrons. The van der Waals surface area contributed by atoms with Crippen molar-refractivity contribution >= 4 is 22.4 Å². The maximum atomic E-state index is 14.7. The lowest BCUT2D eigenvalue weighted by molar-refractivity contribution is 0.363. The van der Waals surface area contributed by atoms with Crippen LogP contribution in [0, 0.1) is 0 Å². The van der Waals surface area contributed by atoms with Gasteiger partial charge in [0.25, 0.3) is 0 Å². The van der Waals surface area contributed by atoms with Crippen LogP contribution >= 0.6 is 0 Å². The van der Waals surface area contributed by atoms with Gasteiger partial charge in [0, 0.05) is 11.1 Å². The van der Waals surface area contributed by atoms with Crippen molar-refractivity contribution in [3.63, 3.8) is 0 Å². The van der Waals surface area contributed by atoms with Crippen molar-refractivity contribution in [2.45, 2.75) is 0 Å². The molecule has 0 aliphatic heterocycles. The van der Waals surface area contributed by atoms with Gasteiger partial charge in [0.15, 0.2) is 11.7 Å². The van der Waals surface area contributed by atoms with Gasteiger partial charge in [-0.15, -0.1) is 0 Å². The van der Waals surface area contributed by atoms with Crippen LogP contribution in [0.15, 0.2) is 86.0 Å². The van der Waals surface area contributed by atoms with E-state index in [1.165, 1.54) is 12.1 Å². The molecule has 0 unspecified atom stereocenters. The Morgan fingerprint density at radius 3 is 1.86 bits per heavy atom. The summed E-state index contributed by atoms with van der Waals surface area (Å²) in [5, 5.41) is 1.67. The maximum absolute atomic E-state index is 14.7. The van der Waals surface area contributed by atoms with Crippen LogP contribution in [0.25, 0.3) is 22.4 Å². The second kappa shape index (κ2) is 9.00. The van der Waals surface area contributed by atoms with E-state index in [1.54, 1.807) is 48.6 Å². The van der Waals surface area contributed by atoms with E-state index in [1.807, 2.05) is 12.1 Å². The Hall–Kier alpha value is -3.40. The molecule has 3 rings (SSSR count). The first-order valence-corrected chi connectivity index (χ1v) is 8.79. The lowest BCUT2D eigenvalue weighted by Crippen LogP contribution is -1.93. The molecule has 0 N–H and O–H groups in total. The summed E-state index contributed by atoms with van der Waals surface area (Å²) in [7, 11) is 0. The summed E-state index contributed by atoms with van der Waals surface area (Å²) in [5.41, 5.74) is 0.327. The predicted molar refractivity (Wildman–Crippen MR) is 111 cm³/mol. The number of benzene rings is 3. The van der Waals surface area contributed by atoms with Gasteiger partial charge in [0.2, 0.25) is 0 Å². The summed E-state index contributed by atoms with van der Waals surface area (Å²) in [5.74, 6) is -0.563. The minimum absolute atomic E-state index is 0.150. The Balaban J connectivity index is 1.87. The van der Waals surface area contributed by atoms with E-state index in [-0.39, 0.29) is 11.1 Å². The van der Waals surface area contributed by atoms with E-state index in [2.05, 4.69) is 13.2 Å². The van der Waals surface area contributed by atoms with Crippen LogP contribution in [0.2, 0.25) is 0 Å². The first-order chi connectivity index (χ1) is 13.6. The van der Waals surface area contributed by atoms with Gasteiger partial charge in [-0.05, 0) is 53.2 Å². The van der Waals surface area contributed by atoms with Crippen LogP contribution in [-0.4, -0.2) is 13.2 Å². The van der Waals surface area contributed by atoms with Crippen LogP contribution < -0.4 is 9.47 Å². The van der Waals surface area contributed by atoms with Crippen molar-refractivity contribution < 1.29 is 18.3 Å². The molecule has 0 atom stereocenters. The predicted octanol–water partition coefficient (Wildman–Crippen LogP) is 6.73. The third-order valence-corrected chi connectivity index (χ3v) is 4.10. The smallest absolute Gasteiger partial charge is 0.166 e. The first kappa shape index (κ1) is 19.4. The van der Waals surface area contributed by atoms with Crippen molar-refractivity contribution in [3.8, 4) is 11.5 Å². The molecule has 3 aromatic carbocycles. The minimum Gasteiger partial charge on any atom is -0.490 e. The van der Waals surface area contributed by atoms with Crippen LogP contribution in [0.4, 0.5) is 8.78 Å². The fourth-order valence-corrected chi connectivity index (χ4v) is 2.71. The summed E-state index contributed by atoms with van der Waals surface area (Å²) in [6.07, 6.45) is 3.27. The van der Waals surface area contributed by atoms with Crippen molar-refractivity contribution in [1.29, 1.82) is 0 Å². The lowest BCUT2D eigenvalue weighted by Gasteiger charge is -2.08. The van der Waals surface area contributed by atoms with E-state index in [4.69, 9.17) is 9.47 Å². The van der Waals surface area contributed by atoms with Crippen LogP contribution in [0.3, 0.4) is 0 Å². The second-order valence-corrected chi connectivity index (χ2v) is 6.08. The molecule has 3 aromatic rings. The van der Waals surface area contributed by atoms with Crippen LogP contribution in [0.1, 0.15) is 11.1 Å². The highest BCUT2D eigenvalue weighted by molar-refractivity contribution is 5.90. The van der Waals surface area contributed by atoms with Crippen LogP contribution in [0.5, 0.6) is 11.5 Å². The topological polar surface area (TPSA) is 18.5 Å². The fraction of sp³-hybridized carbons (Fsp3) is 0.0833. The maximum Gasteiger partial charge on any atom is 0.166 e. The summed E-state index contributed by atoms with van der Waals surface area (Å²) in [6, 6.07) is 16.5. The quantitative estimate of drug-likeness (QED) is 0.319. The highest BCUT2D eigenvalue weighted by atomic mass is 19.2. The largest absolute Gasteiger partial charge is 0.490 e. The molecule has 4 heteroatoms.